The Morgan fingerprint density at radius 1 is 1.64 bits per heavy atom. The van der Waals surface area contributed by atoms with E-state index < -0.39 is 12.0 Å². The molecule has 0 aliphatic rings. The van der Waals surface area contributed by atoms with Gasteiger partial charge < -0.3 is 16.6 Å². The average Bonchev–Trinajstić information content (AvgIpc) is 1.99. The lowest BCUT2D eigenvalue weighted by Gasteiger charge is -2.10. The lowest BCUT2D eigenvalue weighted by molar-refractivity contribution is -0.137. The maximum atomic E-state index is 10.2. The zero-order chi connectivity index (χ0) is 8.85. The van der Waals surface area contributed by atoms with Crippen LogP contribution in [0.25, 0.3) is 0 Å². The minimum Gasteiger partial charge on any atom is -0.480 e. The first-order valence-electron chi connectivity index (χ1n) is 3.43. The van der Waals surface area contributed by atoms with Gasteiger partial charge in [0.1, 0.15) is 6.04 Å². The van der Waals surface area contributed by atoms with Crippen molar-refractivity contribution in [1.29, 1.82) is 0 Å². The van der Waals surface area contributed by atoms with Crippen LogP contribution >= 0.6 is 11.8 Å². The Bertz CT molecular complexity index is 132. The summed E-state index contributed by atoms with van der Waals surface area (Å²) >= 11 is 1.38. The van der Waals surface area contributed by atoms with E-state index in [4.69, 9.17) is 16.6 Å². The third-order valence-electron chi connectivity index (χ3n) is 1.21. The molecule has 0 aliphatic heterocycles. The summed E-state index contributed by atoms with van der Waals surface area (Å²) in [6.45, 7) is 1.95. The molecule has 2 atom stereocenters. The lowest BCUT2D eigenvalue weighted by atomic mass is 10.4. The monoisotopic (exact) mass is 178 g/mol. The topological polar surface area (TPSA) is 89.3 Å². The van der Waals surface area contributed by atoms with Crippen molar-refractivity contribution in [3.05, 3.63) is 0 Å². The van der Waals surface area contributed by atoms with Gasteiger partial charge in [-0.15, -0.1) is 11.8 Å². The second-order valence-electron chi connectivity index (χ2n) is 2.22. The van der Waals surface area contributed by atoms with E-state index in [0.717, 1.165) is 6.42 Å². The number of carbonyl (C=O) groups is 1. The van der Waals surface area contributed by atoms with E-state index >= 15 is 0 Å². The standard InChI is InChI=1S/C6H14N2O2S/c1-2-5(8)11-3-4(7)6(9)10/h4-5H,2-3,7-8H2,1H3,(H,9,10). The molecule has 0 aromatic rings. The van der Waals surface area contributed by atoms with Crippen LogP contribution in [0, 0.1) is 0 Å². The van der Waals surface area contributed by atoms with Gasteiger partial charge in [-0.25, -0.2) is 0 Å². The van der Waals surface area contributed by atoms with Gasteiger partial charge in [-0.05, 0) is 6.42 Å². The van der Waals surface area contributed by atoms with Gasteiger partial charge in [0.25, 0.3) is 0 Å². The SMILES string of the molecule is CCC(N)SCC(N)C(=O)O. The Kier molecular flexibility index (Phi) is 5.27. The molecule has 5 heteroatoms. The molecule has 0 heterocycles. The Balaban J connectivity index is 3.45. The second kappa shape index (κ2) is 5.40. The molecule has 5 N–H and O–H groups in total. The molecule has 0 amide bonds. The summed E-state index contributed by atoms with van der Waals surface area (Å²) in [7, 11) is 0. The van der Waals surface area contributed by atoms with Crippen LogP contribution in [-0.2, 0) is 4.79 Å². The molecule has 11 heavy (non-hydrogen) atoms. The quantitative estimate of drug-likeness (QED) is 0.508. The second-order valence-corrected chi connectivity index (χ2v) is 3.50. The van der Waals surface area contributed by atoms with Crippen molar-refractivity contribution in [2.75, 3.05) is 5.75 Å². The number of aliphatic carboxylic acids is 1. The normalized spacial score (nSPS) is 15.9. The molecule has 0 rings (SSSR count). The van der Waals surface area contributed by atoms with Crippen LogP contribution in [0.1, 0.15) is 13.3 Å². The lowest BCUT2D eigenvalue weighted by Crippen LogP contribution is -2.34. The first-order valence-corrected chi connectivity index (χ1v) is 4.48. The van der Waals surface area contributed by atoms with Crippen molar-refractivity contribution in [3.63, 3.8) is 0 Å². The van der Waals surface area contributed by atoms with Gasteiger partial charge in [0, 0.05) is 5.75 Å². The van der Waals surface area contributed by atoms with Crippen molar-refractivity contribution in [1.82, 2.24) is 0 Å². The summed E-state index contributed by atoms with van der Waals surface area (Å²) in [4.78, 5) is 10.2. The molecule has 0 bridgehead atoms. The molecular weight excluding hydrogens is 164 g/mol. The first-order chi connectivity index (χ1) is 5.07. The summed E-state index contributed by atoms with van der Waals surface area (Å²) in [5.74, 6) is -0.592. The van der Waals surface area contributed by atoms with E-state index in [-0.39, 0.29) is 5.37 Å². The number of nitrogens with two attached hydrogens (primary N) is 2. The van der Waals surface area contributed by atoms with Gasteiger partial charge in [-0.3, -0.25) is 4.79 Å². The molecule has 2 unspecified atom stereocenters. The number of thioether (sulfide) groups is 1. The maximum Gasteiger partial charge on any atom is 0.321 e. The molecule has 0 spiro atoms. The molecule has 66 valence electrons. The van der Waals surface area contributed by atoms with Gasteiger partial charge in [0.2, 0.25) is 0 Å². The van der Waals surface area contributed by atoms with Crippen LogP contribution in [0.15, 0.2) is 0 Å². The van der Waals surface area contributed by atoms with Crippen molar-refractivity contribution in [3.8, 4) is 0 Å². The molecule has 4 nitrogen and oxygen atoms in total. The van der Waals surface area contributed by atoms with Gasteiger partial charge in [-0.2, -0.15) is 0 Å². The van der Waals surface area contributed by atoms with Crippen LogP contribution in [0.3, 0.4) is 0 Å². The highest BCUT2D eigenvalue weighted by Crippen LogP contribution is 2.09. The molecule has 0 aromatic heterocycles. The molecule has 0 radical (unpaired) electrons. The zero-order valence-corrected chi connectivity index (χ0v) is 7.30. The molecule has 0 aromatic carbocycles. The van der Waals surface area contributed by atoms with Gasteiger partial charge in [0.05, 0.1) is 5.37 Å². The number of hydrogen-bond donors (Lipinski definition) is 3. The molecule has 0 aliphatic carbocycles. The largest absolute Gasteiger partial charge is 0.480 e. The van der Waals surface area contributed by atoms with Gasteiger partial charge in [-0.1, -0.05) is 6.92 Å². The Morgan fingerprint density at radius 3 is 2.55 bits per heavy atom. The van der Waals surface area contributed by atoms with Crippen LogP contribution < -0.4 is 11.5 Å². The molecule has 0 saturated carbocycles. The van der Waals surface area contributed by atoms with Gasteiger partial charge in [0.15, 0.2) is 0 Å². The Morgan fingerprint density at radius 2 is 2.18 bits per heavy atom. The zero-order valence-electron chi connectivity index (χ0n) is 6.49. The van der Waals surface area contributed by atoms with E-state index in [9.17, 15) is 4.79 Å². The van der Waals surface area contributed by atoms with Crippen molar-refractivity contribution in [2.45, 2.75) is 24.8 Å². The third kappa shape index (κ3) is 5.06. The molecular formula is C6H14N2O2S. The number of rotatable bonds is 5. The van der Waals surface area contributed by atoms with E-state index in [1.54, 1.807) is 0 Å². The minimum atomic E-state index is -0.971. The Labute approximate surface area is 70.3 Å². The van der Waals surface area contributed by atoms with Crippen LogP contribution in [0.2, 0.25) is 0 Å². The highest BCUT2D eigenvalue weighted by Gasteiger charge is 2.12. The van der Waals surface area contributed by atoms with E-state index in [0.29, 0.717) is 5.75 Å². The summed E-state index contributed by atoms with van der Waals surface area (Å²) in [5.41, 5.74) is 10.8. The van der Waals surface area contributed by atoms with E-state index in [2.05, 4.69) is 0 Å². The average molecular weight is 178 g/mol. The molecule has 0 fully saturated rings. The van der Waals surface area contributed by atoms with Crippen LogP contribution in [0.5, 0.6) is 0 Å². The highest BCUT2D eigenvalue weighted by molar-refractivity contribution is 7.99. The minimum absolute atomic E-state index is 0.000370. The van der Waals surface area contributed by atoms with Crippen LogP contribution in [-0.4, -0.2) is 28.2 Å². The Hall–Kier alpha value is -0.260. The number of carboxylic acid groups (broad SMARTS) is 1. The molecule has 0 saturated heterocycles. The summed E-state index contributed by atoms with van der Waals surface area (Å²) < 4.78 is 0. The fourth-order valence-corrected chi connectivity index (χ4v) is 1.25. The summed E-state index contributed by atoms with van der Waals surface area (Å²) in [6, 6.07) is -0.794. The predicted molar refractivity (Wildman–Crippen MR) is 46.3 cm³/mol. The highest BCUT2D eigenvalue weighted by atomic mass is 32.2. The first kappa shape index (κ1) is 10.7. The van der Waals surface area contributed by atoms with Crippen molar-refractivity contribution >= 4 is 17.7 Å². The fourth-order valence-electron chi connectivity index (χ4n) is 0.416. The third-order valence-corrected chi connectivity index (χ3v) is 2.52. The summed E-state index contributed by atoms with van der Waals surface area (Å²) in [5, 5.41) is 8.39. The predicted octanol–water partition coefficient (Wildman–Crippen LogP) is -0.174. The summed E-state index contributed by atoms with van der Waals surface area (Å²) in [6.07, 6.45) is 0.830. The number of carboxylic acids is 1. The maximum absolute atomic E-state index is 10.2. The van der Waals surface area contributed by atoms with Crippen LogP contribution in [0.4, 0.5) is 0 Å². The van der Waals surface area contributed by atoms with E-state index in [1.807, 2.05) is 6.92 Å². The van der Waals surface area contributed by atoms with Crippen molar-refractivity contribution in [2.24, 2.45) is 11.5 Å². The smallest absolute Gasteiger partial charge is 0.321 e. The van der Waals surface area contributed by atoms with Crippen molar-refractivity contribution < 1.29 is 9.90 Å². The fraction of sp³-hybridized carbons (Fsp3) is 0.833. The number of hydrogen-bond acceptors (Lipinski definition) is 4. The van der Waals surface area contributed by atoms with E-state index in [1.165, 1.54) is 11.8 Å². The van der Waals surface area contributed by atoms with Gasteiger partial charge >= 0.3 is 5.97 Å².